The number of nitrogens with zero attached hydrogens (tertiary/aromatic N) is 1. The lowest BCUT2D eigenvalue weighted by atomic mass is 10.1. The first-order chi connectivity index (χ1) is 14.0. The van der Waals surface area contributed by atoms with Crippen molar-refractivity contribution in [2.45, 2.75) is 6.42 Å². The van der Waals surface area contributed by atoms with Crippen molar-refractivity contribution >= 4 is 34.3 Å². The van der Waals surface area contributed by atoms with Crippen molar-refractivity contribution in [2.75, 3.05) is 18.4 Å². The van der Waals surface area contributed by atoms with Crippen LogP contribution in [0.5, 0.6) is 0 Å². The minimum atomic E-state index is -0.651. The Balaban J connectivity index is 1.44. The fraction of sp³-hybridized carbons (Fsp3) is 0.150. The number of hydrogen-bond acceptors (Lipinski definition) is 5. The molecule has 3 amide bonds. The zero-order valence-corrected chi connectivity index (χ0v) is 15.4. The van der Waals surface area contributed by atoms with Crippen LogP contribution in [0, 0.1) is 0 Å². The molecule has 0 fully saturated rings. The van der Waals surface area contributed by atoms with Crippen molar-refractivity contribution in [1.82, 2.24) is 20.6 Å². The second-order valence-electron chi connectivity index (χ2n) is 6.15. The molecule has 148 valence electrons. The number of hydrogen-bond donors (Lipinski definition) is 4. The number of H-pyrrole nitrogens is 1. The zero-order chi connectivity index (χ0) is 20.6. The number of rotatable bonds is 7. The molecule has 0 unspecified atom stereocenters. The maximum absolute atomic E-state index is 12.4. The monoisotopic (exact) mass is 393 g/mol. The van der Waals surface area contributed by atoms with Crippen LogP contribution in [0.3, 0.4) is 0 Å². The van der Waals surface area contributed by atoms with Crippen molar-refractivity contribution in [3.05, 3.63) is 70.8 Å². The molecule has 29 heavy (non-hydrogen) atoms. The van der Waals surface area contributed by atoms with Crippen LogP contribution in [0.25, 0.3) is 10.9 Å². The van der Waals surface area contributed by atoms with E-state index in [1.165, 1.54) is 12.4 Å². The molecule has 1 aromatic carbocycles. The number of aromatic amines is 1. The Morgan fingerprint density at radius 2 is 1.83 bits per heavy atom. The van der Waals surface area contributed by atoms with Crippen molar-refractivity contribution in [1.29, 1.82) is 0 Å². The standard InChI is InChI=1S/C20H19N5O4/c26-17(25-13-4-3-8-21-10-13)7-9-22-18(27)12-24-20(29)15-11-23-16-6-2-1-5-14(16)19(15)28/h1-6,8,10-11H,7,9,12H2,(H,22,27)(H,23,28)(H,24,29)(H,25,26). The van der Waals surface area contributed by atoms with Crippen LogP contribution in [-0.2, 0) is 9.59 Å². The summed E-state index contributed by atoms with van der Waals surface area (Å²) in [6.07, 6.45) is 4.50. The molecule has 2 heterocycles. The normalized spacial score (nSPS) is 10.3. The molecular weight excluding hydrogens is 374 g/mol. The van der Waals surface area contributed by atoms with Gasteiger partial charge >= 0.3 is 0 Å². The maximum Gasteiger partial charge on any atom is 0.257 e. The van der Waals surface area contributed by atoms with Gasteiger partial charge in [-0.2, -0.15) is 0 Å². The highest BCUT2D eigenvalue weighted by molar-refractivity contribution is 5.98. The summed E-state index contributed by atoms with van der Waals surface area (Å²) >= 11 is 0. The number of carbonyl (C=O) groups excluding carboxylic acids is 3. The van der Waals surface area contributed by atoms with Gasteiger partial charge in [-0.1, -0.05) is 12.1 Å². The number of aromatic nitrogens is 2. The number of amides is 3. The molecule has 0 saturated carbocycles. The summed E-state index contributed by atoms with van der Waals surface area (Å²) < 4.78 is 0. The largest absolute Gasteiger partial charge is 0.360 e. The lowest BCUT2D eigenvalue weighted by Crippen LogP contribution is -2.39. The minimum absolute atomic E-state index is 0.0684. The average molecular weight is 393 g/mol. The molecule has 0 radical (unpaired) electrons. The highest BCUT2D eigenvalue weighted by Gasteiger charge is 2.14. The third kappa shape index (κ3) is 5.25. The summed E-state index contributed by atoms with van der Waals surface area (Å²) in [5.41, 5.74) is 0.699. The van der Waals surface area contributed by atoms with Crippen LogP contribution < -0.4 is 21.4 Å². The number of pyridine rings is 2. The predicted molar refractivity (Wildman–Crippen MR) is 107 cm³/mol. The highest BCUT2D eigenvalue weighted by atomic mass is 16.2. The van der Waals surface area contributed by atoms with E-state index in [2.05, 4.69) is 25.9 Å². The smallest absolute Gasteiger partial charge is 0.257 e. The third-order valence-electron chi connectivity index (χ3n) is 4.06. The molecule has 9 heteroatoms. The number of fused-ring (bicyclic) bond motifs is 1. The van der Waals surface area contributed by atoms with Crippen LogP contribution in [0.2, 0.25) is 0 Å². The summed E-state index contributed by atoms with van der Waals surface area (Å²) in [5.74, 6) is -1.39. The van der Waals surface area contributed by atoms with Crippen LogP contribution in [0.1, 0.15) is 16.8 Å². The van der Waals surface area contributed by atoms with Crippen LogP contribution >= 0.6 is 0 Å². The van der Waals surface area contributed by atoms with E-state index >= 15 is 0 Å². The Kier molecular flexibility index (Phi) is 6.31. The summed E-state index contributed by atoms with van der Waals surface area (Å²) in [7, 11) is 0. The molecule has 0 spiro atoms. The average Bonchev–Trinajstić information content (AvgIpc) is 2.73. The molecule has 0 atom stereocenters. The third-order valence-corrected chi connectivity index (χ3v) is 4.06. The summed E-state index contributed by atoms with van der Waals surface area (Å²) in [5, 5.41) is 7.98. The van der Waals surface area contributed by atoms with E-state index in [4.69, 9.17) is 0 Å². The minimum Gasteiger partial charge on any atom is -0.360 e. The predicted octanol–water partition coefficient (Wildman–Crippen LogP) is 0.798. The van der Waals surface area contributed by atoms with E-state index in [-0.39, 0.29) is 31.0 Å². The van der Waals surface area contributed by atoms with Crippen LogP contribution in [0.15, 0.2) is 59.8 Å². The second kappa shape index (κ2) is 9.27. The van der Waals surface area contributed by atoms with Gasteiger partial charge in [-0.05, 0) is 24.3 Å². The quantitative estimate of drug-likeness (QED) is 0.471. The Bertz CT molecular complexity index is 1090. The Morgan fingerprint density at radius 3 is 2.62 bits per heavy atom. The fourth-order valence-corrected chi connectivity index (χ4v) is 2.63. The molecule has 4 N–H and O–H groups in total. The SMILES string of the molecule is O=C(CNC(=O)c1c[nH]c2ccccc2c1=O)NCCC(=O)Nc1cccnc1. The summed E-state index contributed by atoms with van der Waals surface area (Å²) in [6.45, 7) is -0.202. The number of nitrogens with one attached hydrogen (secondary N) is 4. The lowest BCUT2D eigenvalue weighted by molar-refractivity contribution is -0.120. The van der Waals surface area contributed by atoms with E-state index < -0.39 is 17.2 Å². The summed E-state index contributed by atoms with van der Waals surface area (Å²) in [4.78, 5) is 55.0. The van der Waals surface area contributed by atoms with E-state index in [1.807, 2.05) is 0 Å². The van der Waals surface area contributed by atoms with Gasteiger partial charge in [-0.3, -0.25) is 24.2 Å². The van der Waals surface area contributed by atoms with Crippen LogP contribution in [0.4, 0.5) is 5.69 Å². The molecule has 0 aliphatic rings. The fourth-order valence-electron chi connectivity index (χ4n) is 2.63. The molecular formula is C20H19N5O4. The summed E-state index contributed by atoms with van der Waals surface area (Å²) in [6, 6.07) is 10.2. The van der Waals surface area contributed by atoms with Gasteiger partial charge < -0.3 is 20.9 Å². The van der Waals surface area contributed by atoms with Gasteiger partial charge in [-0.25, -0.2) is 0 Å². The Labute approximate surface area is 165 Å². The Morgan fingerprint density at radius 1 is 1.00 bits per heavy atom. The van der Waals surface area contributed by atoms with E-state index in [0.29, 0.717) is 16.6 Å². The highest BCUT2D eigenvalue weighted by Crippen LogP contribution is 2.07. The first-order valence-corrected chi connectivity index (χ1v) is 8.90. The molecule has 0 bridgehead atoms. The molecule has 3 rings (SSSR count). The molecule has 0 saturated heterocycles. The van der Waals surface area contributed by atoms with Gasteiger partial charge in [-0.15, -0.1) is 0 Å². The topological polar surface area (TPSA) is 133 Å². The molecule has 9 nitrogen and oxygen atoms in total. The number of para-hydroxylation sites is 1. The van der Waals surface area contributed by atoms with Gasteiger partial charge in [0.05, 0.1) is 18.4 Å². The lowest BCUT2D eigenvalue weighted by Gasteiger charge is -2.08. The van der Waals surface area contributed by atoms with Crippen molar-refractivity contribution < 1.29 is 14.4 Å². The van der Waals surface area contributed by atoms with Gasteiger partial charge in [0.1, 0.15) is 5.56 Å². The second-order valence-corrected chi connectivity index (χ2v) is 6.15. The number of anilines is 1. The van der Waals surface area contributed by atoms with Gasteiger partial charge in [0.15, 0.2) is 0 Å². The van der Waals surface area contributed by atoms with Gasteiger partial charge in [0.2, 0.25) is 17.2 Å². The molecule has 3 aromatic rings. The van der Waals surface area contributed by atoms with E-state index in [1.54, 1.807) is 42.6 Å². The van der Waals surface area contributed by atoms with E-state index in [9.17, 15) is 19.2 Å². The number of benzene rings is 1. The first-order valence-electron chi connectivity index (χ1n) is 8.90. The first kappa shape index (κ1) is 19.7. The molecule has 0 aliphatic heterocycles. The van der Waals surface area contributed by atoms with Gasteiger partial charge in [0.25, 0.3) is 5.91 Å². The van der Waals surface area contributed by atoms with Gasteiger partial charge in [0, 0.05) is 36.3 Å². The molecule has 2 aromatic heterocycles. The van der Waals surface area contributed by atoms with Crippen molar-refractivity contribution in [2.24, 2.45) is 0 Å². The zero-order valence-electron chi connectivity index (χ0n) is 15.4. The molecule has 0 aliphatic carbocycles. The van der Waals surface area contributed by atoms with Crippen LogP contribution in [-0.4, -0.2) is 40.8 Å². The Hall–Kier alpha value is -4.01. The number of carbonyl (C=O) groups is 3. The van der Waals surface area contributed by atoms with E-state index in [0.717, 1.165) is 0 Å². The van der Waals surface area contributed by atoms with Crippen molar-refractivity contribution in [3.8, 4) is 0 Å². The van der Waals surface area contributed by atoms with Crippen molar-refractivity contribution in [3.63, 3.8) is 0 Å². The maximum atomic E-state index is 12.4.